The fourth-order valence-corrected chi connectivity index (χ4v) is 10.6. The van der Waals surface area contributed by atoms with Crippen LogP contribution in [-0.4, -0.2) is 174 Å². The van der Waals surface area contributed by atoms with Crippen LogP contribution in [0.25, 0.3) is 11.0 Å². The lowest BCUT2D eigenvalue weighted by Crippen LogP contribution is -2.61. The number of aryl methyl sites for hydroxylation is 1. The number of hydrogen-bond donors (Lipinski definition) is 9. The number of aliphatic carboxylic acids is 1. The Labute approximate surface area is 454 Å². The van der Waals surface area contributed by atoms with Crippen molar-refractivity contribution >= 4 is 62.4 Å². The minimum atomic E-state index is -4.25. The van der Waals surface area contributed by atoms with Gasteiger partial charge in [-0.2, -0.15) is 8.42 Å². The summed E-state index contributed by atoms with van der Waals surface area (Å²) in [5.74, 6) is -3.13. The van der Waals surface area contributed by atoms with Crippen molar-refractivity contribution in [2.24, 2.45) is 11.1 Å². The first-order chi connectivity index (χ1) is 37.4. The zero-order valence-corrected chi connectivity index (χ0v) is 44.1. The number of aromatic nitrogens is 3. The van der Waals surface area contributed by atoms with E-state index >= 15 is 0 Å². The molecule has 9 rings (SSSR count). The second-order valence-electron chi connectivity index (χ2n) is 19.7. The third-order valence-corrected chi connectivity index (χ3v) is 14.8. The van der Waals surface area contributed by atoms with Gasteiger partial charge >= 0.3 is 16.3 Å². The van der Waals surface area contributed by atoms with Gasteiger partial charge < -0.3 is 72.6 Å². The van der Waals surface area contributed by atoms with Gasteiger partial charge in [0.15, 0.2) is 6.10 Å². The molecule has 0 spiro atoms. The number of amides is 4. The molecule has 4 heterocycles. The number of nitrogens with one attached hydrogen (secondary N) is 3. The highest BCUT2D eigenvalue weighted by molar-refractivity contribution is 7.84. The standard InChI is InChI=1S/C51H62N8O18S.CH3/c52-78(70,71)75-26-30-22-31(23-38(30)60)58-13-10-33-46(56-36-7-6-29-3-1-2-4-32(29)36)54-27-57(47(33)58)25-28-5-8-39(76-51-44(65)42(63)43(64)45(77-51)50(68)69)37(21-28)55-41(62)9-12-53-40(61)11-15-72-17-19-74-20-18-73-16-14-59-48(66)34-24-35(34)49(59)67;/h1-5,8,10,13,21,27,30-31,36,38,42-45,51,60,63-65H,6-7,9,11-12,14-20,22-26H2,(H5,52,53,55,61,62,68,69,70,71);1H3/q;-1/p+1/t30-,31+,36-,38-,42+,43+,44-,45+,51-;/m1./s1. The van der Waals surface area contributed by atoms with Crippen molar-refractivity contribution in [1.29, 1.82) is 0 Å². The number of carbonyl (C=O) groups is 5. The van der Waals surface area contributed by atoms with E-state index in [-0.39, 0.29) is 134 Å². The van der Waals surface area contributed by atoms with Gasteiger partial charge in [0.05, 0.1) is 89.4 Å². The van der Waals surface area contributed by atoms with E-state index in [4.69, 9.17) is 38.0 Å². The molecule has 3 aliphatic carbocycles. The molecule has 79 heavy (non-hydrogen) atoms. The molecule has 1 saturated heterocycles. The Kier molecular flexibility index (Phi) is 19.1. The SMILES string of the molecule is NS(=O)(=O)OC[C@H]1C[C@H](n2ccc3c(N[C@@H]4CCc5ccccc54)nc[n+](Cc4ccc(O[C@@H]5O[C@H](C(=O)O)[C@@H](O)[C@H](O)[C@H]5O)c(NC(=O)CCNC(=O)CCOCCOCCOCCN5C(=O)C6=C(C6)C5=O)c4)c32)C[C@H]1O.[CH3-]. The van der Waals surface area contributed by atoms with Gasteiger partial charge in [0.2, 0.25) is 35.9 Å². The number of carboxylic acids is 1. The van der Waals surface area contributed by atoms with Gasteiger partial charge in [-0.15, -0.1) is 0 Å². The second kappa shape index (κ2) is 25.7. The van der Waals surface area contributed by atoms with E-state index in [1.807, 2.05) is 33.5 Å². The molecule has 1 saturated carbocycles. The molecule has 2 aromatic carbocycles. The Balaban J connectivity index is 0.00000822. The van der Waals surface area contributed by atoms with Crippen molar-refractivity contribution in [3.8, 4) is 5.75 Å². The first-order valence-electron chi connectivity index (χ1n) is 25.6. The number of anilines is 2. The fourth-order valence-electron chi connectivity index (χ4n) is 10.2. The normalized spacial score (nSPS) is 24.3. The second-order valence-corrected chi connectivity index (χ2v) is 20.9. The van der Waals surface area contributed by atoms with Crippen LogP contribution in [-0.2, 0) is 70.4 Å². The molecule has 27 heteroatoms. The largest absolute Gasteiger partial charge is 0.479 e. The lowest BCUT2D eigenvalue weighted by Gasteiger charge is -2.38. The number of likely N-dealkylation sites (tertiary alicyclic amines) is 1. The van der Waals surface area contributed by atoms with Crippen molar-refractivity contribution in [2.45, 2.75) is 100 Å². The van der Waals surface area contributed by atoms with Gasteiger partial charge in [-0.3, -0.25) is 32.8 Å². The molecule has 4 amide bonds. The molecule has 2 aliphatic heterocycles. The van der Waals surface area contributed by atoms with Crippen molar-refractivity contribution < 1.29 is 90.4 Å². The molecule has 0 radical (unpaired) electrons. The van der Waals surface area contributed by atoms with Crippen LogP contribution in [0.5, 0.6) is 5.75 Å². The number of fused-ring (bicyclic) bond motifs is 2. The Morgan fingerprint density at radius 3 is 2.33 bits per heavy atom. The predicted octanol–water partition coefficient (Wildman–Crippen LogP) is -0.321. The third kappa shape index (κ3) is 14.1. The molecular weight excluding hydrogens is 1060 g/mol. The predicted molar refractivity (Wildman–Crippen MR) is 276 cm³/mol. The number of rotatable bonds is 27. The zero-order valence-electron chi connectivity index (χ0n) is 43.3. The van der Waals surface area contributed by atoms with E-state index in [0.29, 0.717) is 41.0 Å². The van der Waals surface area contributed by atoms with E-state index in [9.17, 15) is 57.9 Å². The van der Waals surface area contributed by atoms with E-state index < -0.39 is 64.9 Å². The molecule has 0 unspecified atom stereocenters. The lowest BCUT2D eigenvalue weighted by atomic mass is 9.99. The molecular formula is C52H66N8O18S. The number of ether oxygens (including phenoxy) is 5. The maximum Gasteiger partial charge on any atom is 0.335 e. The molecule has 9 atom stereocenters. The number of nitrogens with zero attached hydrogens (tertiary/aromatic N) is 4. The average Bonchev–Trinajstić information content (AvgIpc) is 3.68. The number of imide groups is 1. The molecule has 2 fully saturated rings. The summed E-state index contributed by atoms with van der Waals surface area (Å²) in [4.78, 5) is 68.2. The summed E-state index contributed by atoms with van der Waals surface area (Å²) in [5.41, 5.74) is 4.89. The average molecular weight is 1120 g/mol. The summed E-state index contributed by atoms with van der Waals surface area (Å²) in [7, 11) is -4.25. The van der Waals surface area contributed by atoms with Crippen LogP contribution >= 0.6 is 0 Å². The van der Waals surface area contributed by atoms with E-state index in [2.05, 4.69) is 28.1 Å². The quantitative estimate of drug-likeness (QED) is 0.0160. The molecule has 0 bridgehead atoms. The summed E-state index contributed by atoms with van der Waals surface area (Å²) >= 11 is 0. The molecule has 10 N–H and O–H groups in total. The molecule has 2 aromatic heterocycles. The summed E-state index contributed by atoms with van der Waals surface area (Å²) in [6, 6.07) is 14.4. The van der Waals surface area contributed by atoms with Gasteiger partial charge in [0.1, 0.15) is 29.4 Å². The van der Waals surface area contributed by atoms with Crippen LogP contribution in [0.3, 0.4) is 0 Å². The molecule has 5 aliphatic rings. The first kappa shape index (κ1) is 58.6. The highest BCUT2D eigenvalue weighted by Crippen LogP contribution is 2.41. The van der Waals surface area contributed by atoms with Crippen LogP contribution < -0.4 is 30.4 Å². The maximum atomic E-state index is 13.6. The topological polar surface area (TPSA) is 363 Å². The highest BCUT2D eigenvalue weighted by Gasteiger charge is 2.49. The van der Waals surface area contributed by atoms with E-state index in [0.717, 1.165) is 18.2 Å². The fraction of sp³-hybridized carbons (Fsp3) is 0.500. The Hall–Kier alpha value is -6.50. The summed E-state index contributed by atoms with van der Waals surface area (Å²) in [6.07, 6.45) is -4.41. The summed E-state index contributed by atoms with van der Waals surface area (Å²) in [6.45, 7) is 1.12. The maximum absolute atomic E-state index is 13.6. The summed E-state index contributed by atoms with van der Waals surface area (Å²) in [5, 5.41) is 67.3. The van der Waals surface area contributed by atoms with Crippen molar-refractivity contribution in [3.05, 3.63) is 96.3 Å². The van der Waals surface area contributed by atoms with Gasteiger partial charge in [0.25, 0.3) is 11.8 Å². The van der Waals surface area contributed by atoms with Crippen molar-refractivity contribution in [3.63, 3.8) is 0 Å². The minimum absolute atomic E-state index is 0. The van der Waals surface area contributed by atoms with E-state index in [1.54, 1.807) is 18.5 Å². The number of aliphatic hydroxyl groups is 4. The van der Waals surface area contributed by atoms with Crippen LogP contribution in [0.1, 0.15) is 67.3 Å². The van der Waals surface area contributed by atoms with Crippen LogP contribution in [0, 0.1) is 13.3 Å². The number of carbonyl (C=O) groups excluding carboxylic acids is 4. The number of benzene rings is 2. The number of carboxylic acid groups (broad SMARTS) is 1. The van der Waals surface area contributed by atoms with Gasteiger partial charge in [0, 0.05) is 49.3 Å². The highest BCUT2D eigenvalue weighted by atomic mass is 32.2. The Bertz CT molecular complexity index is 3020. The molecule has 26 nitrogen and oxygen atoms in total. The number of hydrogen-bond acceptors (Lipinski definition) is 19. The van der Waals surface area contributed by atoms with Crippen molar-refractivity contribution in [1.82, 2.24) is 19.8 Å². The smallest absolute Gasteiger partial charge is 0.335 e. The Morgan fingerprint density at radius 2 is 1.59 bits per heavy atom. The number of aliphatic hydroxyl groups excluding tert-OH is 4. The number of nitrogens with two attached hydrogens (primary N) is 1. The zero-order chi connectivity index (χ0) is 55.3. The van der Waals surface area contributed by atoms with Gasteiger partial charge in [-0.05, 0) is 54.2 Å². The van der Waals surface area contributed by atoms with Gasteiger partial charge in [-0.25, -0.2) is 14.5 Å². The lowest BCUT2D eigenvalue weighted by molar-refractivity contribution is -0.668. The minimum Gasteiger partial charge on any atom is -0.479 e. The van der Waals surface area contributed by atoms with Crippen LogP contribution in [0.15, 0.2) is 72.2 Å². The monoisotopic (exact) mass is 1120 g/mol. The Morgan fingerprint density at radius 1 is 0.873 bits per heavy atom. The third-order valence-electron chi connectivity index (χ3n) is 14.3. The summed E-state index contributed by atoms with van der Waals surface area (Å²) < 4.78 is 59.8. The molecule has 428 valence electrons. The van der Waals surface area contributed by atoms with Crippen LogP contribution in [0.2, 0.25) is 0 Å². The van der Waals surface area contributed by atoms with Gasteiger partial charge in [-0.1, -0.05) is 35.3 Å². The molecule has 4 aromatic rings. The van der Waals surface area contributed by atoms with Crippen molar-refractivity contribution in [2.75, 3.05) is 70.0 Å². The van der Waals surface area contributed by atoms with Crippen LogP contribution in [0.4, 0.5) is 11.5 Å². The van der Waals surface area contributed by atoms with E-state index in [1.165, 1.54) is 22.1 Å². The number of piperidine rings is 1. The first-order valence-corrected chi connectivity index (χ1v) is 27.1.